The molecule has 0 saturated heterocycles. The Hall–Kier alpha value is -4.83. The third kappa shape index (κ3) is 4.66. The van der Waals surface area contributed by atoms with Gasteiger partial charge in [-0.1, -0.05) is 9.59 Å². The van der Waals surface area contributed by atoms with Gasteiger partial charge in [-0.15, -0.1) is 10.2 Å². The molecule has 0 aromatic carbocycles. The first-order valence-electron chi connectivity index (χ1n) is 9.72. The Bertz CT molecular complexity index is 1250. The molecule has 0 aliphatic heterocycles. The van der Waals surface area contributed by atoms with E-state index < -0.39 is 33.3 Å². The summed E-state index contributed by atoms with van der Waals surface area (Å²) in [6, 6.07) is 0. The van der Waals surface area contributed by atoms with Crippen LogP contribution in [-0.2, 0) is 17.9 Å². The Morgan fingerprint density at radius 1 is 0.882 bits per heavy atom. The predicted molar refractivity (Wildman–Crippen MR) is 106 cm³/mol. The molecule has 2 atom stereocenters. The Morgan fingerprint density at radius 3 is 1.65 bits per heavy atom. The molecule has 4 heterocycles. The number of rotatable bonds is 10. The highest BCUT2D eigenvalue weighted by molar-refractivity contribution is 5.90. The summed E-state index contributed by atoms with van der Waals surface area (Å²) >= 11 is 0. The molecule has 34 heavy (non-hydrogen) atoms. The van der Waals surface area contributed by atoms with E-state index in [1.165, 1.54) is 12.5 Å². The zero-order chi connectivity index (χ0) is 24.4. The normalized spacial score (nSPS) is 13.0. The van der Waals surface area contributed by atoms with Crippen molar-refractivity contribution in [3.8, 4) is 0 Å². The number of oxazole rings is 2. The van der Waals surface area contributed by atoms with Gasteiger partial charge in [0, 0.05) is 0 Å². The molecular weight excluding hydrogens is 456 g/mol. The zero-order valence-corrected chi connectivity index (χ0v) is 17.7. The lowest BCUT2D eigenvalue weighted by Crippen LogP contribution is -2.17. The smallest absolute Gasteiger partial charge is 0.410 e. The molecule has 4 aromatic heterocycles. The lowest BCUT2D eigenvalue weighted by Gasteiger charge is -2.11. The SMILES string of the molecule is CC(C(=O)C(C)c1coc(Cn2ncc([N+](=O)[O-])n2)n1)c1coc(Cn2ncc([N+](=O)[O-])n2)n1. The van der Waals surface area contributed by atoms with Gasteiger partial charge in [-0.25, -0.2) is 9.97 Å². The van der Waals surface area contributed by atoms with Gasteiger partial charge in [-0.2, -0.15) is 0 Å². The second-order valence-corrected chi connectivity index (χ2v) is 7.16. The molecule has 0 spiro atoms. The van der Waals surface area contributed by atoms with Crippen LogP contribution in [0.1, 0.15) is 48.9 Å². The highest BCUT2D eigenvalue weighted by Gasteiger charge is 2.28. The van der Waals surface area contributed by atoms with Gasteiger partial charge in [0.15, 0.2) is 31.3 Å². The summed E-state index contributed by atoms with van der Waals surface area (Å²) in [6.45, 7) is 3.23. The third-order valence-electron chi connectivity index (χ3n) is 4.86. The van der Waals surface area contributed by atoms with Crippen LogP contribution in [0.5, 0.6) is 0 Å². The fourth-order valence-corrected chi connectivity index (χ4v) is 3.00. The van der Waals surface area contributed by atoms with Gasteiger partial charge in [-0.3, -0.25) is 4.79 Å². The molecule has 17 nitrogen and oxygen atoms in total. The van der Waals surface area contributed by atoms with E-state index in [-0.39, 0.29) is 30.7 Å². The molecular formula is C17H16N10O7. The molecule has 0 aliphatic rings. The molecule has 2 unspecified atom stereocenters. The van der Waals surface area contributed by atoms with Crippen molar-refractivity contribution >= 4 is 17.4 Å². The second kappa shape index (κ2) is 8.96. The molecule has 176 valence electrons. The Labute approximate surface area is 188 Å². The van der Waals surface area contributed by atoms with Crippen LogP contribution >= 0.6 is 0 Å². The average molecular weight is 472 g/mol. The number of aromatic nitrogens is 8. The van der Waals surface area contributed by atoms with Crippen LogP contribution in [-0.4, -0.2) is 55.6 Å². The number of nitrogens with zero attached hydrogens (tertiary/aromatic N) is 10. The van der Waals surface area contributed by atoms with E-state index in [0.29, 0.717) is 11.4 Å². The summed E-state index contributed by atoms with van der Waals surface area (Å²) in [7, 11) is 0. The maximum Gasteiger partial charge on any atom is 0.410 e. The van der Waals surface area contributed by atoms with Gasteiger partial charge in [0.2, 0.25) is 11.8 Å². The molecule has 0 saturated carbocycles. The highest BCUT2D eigenvalue weighted by atomic mass is 16.6. The number of ketones is 1. The fraction of sp³-hybridized carbons (Fsp3) is 0.353. The quantitative estimate of drug-likeness (QED) is 0.234. The van der Waals surface area contributed by atoms with Gasteiger partial charge < -0.3 is 29.1 Å². The van der Waals surface area contributed by atoms with Crippen molar-refractivity contribution in [2.75, 3.05) is 0 Å². The lowest BCUT2D eigenvalue weighted by molar-refractivity contribution is -0.390. The molecule has 4 rings (SSSR count). The number of carbonyl (C=O) groups is 1. The Kier molecular flexibility index (Phi) is 5.90. The zero-order valence-electron chi connectivity index (χ0n) is 17.7. The fourth-order valence-electron chi connectivity index (χ4n) is 3.00. The van der Waals surface area contributed by atoms with E-state index in [1.54, 1.807) is 13.8 Å². The molecule has 0 N–H and O–H groups in total. The number of hydrogen-bond acceptors (Lipinski definition) is 13. The standard InChI is InChI=1S/C17H16N10O7/c1-9(11-7-33-15(20-11)5-24-18-3-13(22-24)26(29)30)17(28)10(2)12-8-34-16(21-12)6-25-19-4-14(23-25)27(31)32/h3-4,7-10H,5-6H2,1-2H3. The number of carbonyl (C=O) groups excluding carboxylic acids is 1. The van der Waals surface area contributed by atoms with Crippen LogP contribution < -0.4 is 0 Å². The van der Waals surface area contributed by atoms with E-state index in [4.69, 9.17) is 8.83 Å². The third-order valence-corrected chi connectivity index (χ3v) is 4.86. The van der Waals surface area contributed by atoms with Crippen molar-refractivity contribution in [3.05, 3.63) is 68.3 Å². The molecule has 0 amide bonds. The van der Waals surface area contributed by atoms with Crippen LogP contribution in [0.3, 0.4) is 0 Å². The molecule has 4 aromatic rings. The van der Waals surface area contributed by atoms with E-state index in [2.05, 4.69) is 30.4 Å². The second-order valence-electron chi connectivity index (χ2n) is 7.16. The molecule has 17 heteroatoms. The van der Waals surface area contributed by atoms with Crippen molar-refractivity contribution in [2.24, 2.45) is 0 Å². The van der Waals surface area contributed by atoms with Gasteiger partial charge in [0.25, 0.3) is 0 Å². The number of Topliss-reactive ketones (excluding diaryl/α,β-unsaturated/α-hetero) is 1. The monoisotopic (exact) mass is 472 g/mol. The summed E-state index contributed by atoms with van der Waals surface area (Å²) in [6.07, 6.45) is 4.67. The molecule has 0 bridgehead atoms. The highest BCUT2D eigenvalue weighted by Crippen LogP contribution is 2.26. The minimum absolute atomic E-state index is 0.0451. The van der Waals surface area contributed by atoms with Gasteiger partial charge >= 0.3 is 11.6 Å². The first-order chi connectivity index (χ1) is 16.2. The summed E-state index contributed by atoms with van der Waals surface area (Å²) in [5.74, 6) is -1.96. The maximum atomic E-state index is 13.0. The van der Waals surface area contributed by atoms with Crippen molar-refractivity contribution < 1.29 is 23.5 Å². The van der Waals surface area contributed by atoms with Crippen molar-refractivity contribution in [1.29, 1.82) is 0 Å². The van der Waals surface area contributed by atoms with Crippen LogP contribution in [0.25, 0.3) is 0 Å². The van der Waals surface area contributed by atoms with Crippen LogP contribution in [0, 0.1) is 20.2 Å². The van der Waals surface area contributed by atoms with Crippen molar-refractivity contribution in [2.45, 2.75) is 38.8 Å². The van der Waals surface area contributed by atoms with Crippen LogP contribution in [0.15, 0.2) is 33.8 Å². The first kappa shape index (κ1) is 22.4. The number of hydrogen-bond donors (Lipinski definition) is 0. The number of nitro groups is 2. The lowest BCUT2D eigenvalue weighted by atomic mass is 9.91. The summed E-state index contributed by atoms with van der Waals surface area (Å²) in [5.41, 5.74) is 0.732. The minimum Gasteiger partial charge on any atom is -0.446 e. The summed E-state index contributed by atoms with van der Waals surface area (Å²) < 4.78 is 10.7. The van der Waals surface area contributed by atoms with Crippen molar-refractivity contribution in [3.63, 3.8) is 0 Å². The summed E-state index contributed by atoms with van der Waals surface area (Å²) in [5, 5.41) is 36.3. The topological polar surface area (TPSA) is 217 Å². The maximum absolute atomic E-state index is 13.0. The molecule has 0 aliphatic carbocycles. The first-order valence-corrected chi connectivity index (χ1v) is 9.72. The van der Waals surface area contributed by atoms with Gasteiger partial charge in [-0.05, 0) is 23.7 Å². The van der Waals surface area contributed by atoms with Crippen LogP contribution in [0.2, 0.25) is 0 Å². The molecule has 0 fully saturated rings. The molecule has 0 radical (unpaired) electrons. The van der Waals surface area contributed by atoms with E-state index in [9.17, 15) is 25.0 Å². The van der Waals surface area contributed by atoms with Gasteiger partial charge in [0.05, 0.1) is 33.4 Å². The predicted octanol–water partition coefficient (Wildman–Crippen LogP) is 1.23. The van der Waals surface area contributed by atoms with Crippen molar-refractivity contribution in [1.82, 2.24) is 40.0 Å². The van der Waals surface area contributed by atoms with E-state index in [0.717, 1.165) is 22.0 Å². The van der Waals surface area contributed by atoms with Crippen LogP contribution in [0.4, 0.5) is 11.6 Å². The van der Waals surface area contributed by atoms with E-state index >= 15 is 0 Å². The minimum atomic E-state index is -0.669. The van der Waals surface area contributed by atoms with E-state index in [1.807, 2.05) is 0 Å². The summed E-state index contributed by atoms with van der Waals surface area (Å²) in [4.78, 5) is 43.7. The average Bonchev–Trinajstić information content (AvgIpc) is 3.59. The Morgan fingerprint density at radius 2 is 1.29 bits per heavy atom. The van der Waals surface area contributed by atoms with Gasteiger partial charge in [0.1, 0.15) is 12.5 Å². The Balaban J connectivity index is 1.39. The largest absolute Gasteiger partial charge is 0.446 e.